The molecule has 0 aromatic heterocycles. The zero-order valence-corrected chi connectivity index (χ0v) is 11.3. The molecule has 5 nitrogen and oxygen atoms in total. The molecule has 0 amide bonds. The van der Waals surface area contributed by atoms with Crippen LogP contribution in [0.3, 0.4) is 0 Å². The van der Waals surface area contributed by atoms with E-state index in [4.69, 9.17) is 19.9 Å². The molecule has 0 unspecified atom stereocenters. The van der Waals surface area contributed by atoms with Crippen LogP contribution in [0.4, 0.5) is 5.69 Å². The van der Waals surface area contributed by atoms with E-state index in [1.807, 2.05) is 0 Å². The second-order valence-corrected chi connectivity index (χ2v) is 4.09. The second kappa shape index (κ2) is 9.22. The molecule has 0 bridgehead atoms. The van der Waals surface area contributed by atoms with Crippen LogP contribution in [0.2, 0.25) is 0 Å². The van der Waals surface area contributed by atoms with E-state index in [0.29, 0.717) is 31.3 Å². The lowest BCUT2D eigenvalue weighted by molar-refractivity contribution is -0.144. The number of nitrogen functional groups attached to an aromatic ring is 1. The number of hydrogen-bond donors (Lipinski definition) is 1. The molecule has 2 N–H and O–H groups in total. The first-order chi connectivity index (χ1) is 9.22. The van der Waals surface area contributed by atoms with Gasteiger partial charge in [0.1, 0.15) is 5.75 Å². The molecule has 0 atom stereocenters. The zero-order valence-electron chi connectivity index (χ0n) is 11.3. The van der Waals surface area contributed by atoms with Gasteiger partial charge in [-0.25, -0.2) is 0 Å². The lowest BCUT2D eigenvalue weighted by Crippen LogP contribution is -2.11. The predicted molar refractivity (Wildman–Crippen MR) is 73.0 cm³/mol. The Labute approximate surface area is 113 Å². The SMILES string of the molecule is COCCCCOC(=O)CCOc1cccc(N)c1. The van der Waals surface area contributed by atoms with Crippen molar-refractivity contribution in [2.75, 3.05) is 32.7 Å². The monoisotopic (exact) mass is 267 g/mol. The lowest BCUT2D eigenvalue weighted by Gasteiger charge is -2.07. The summed E-state index contributed by atoms with van der Waals surface area (Å²) >= 11 is 0. The topological polar surface area (TPSA) is 70.8 Å². The molecular weight excluding hydrogens is 246 g/mol. The van der Waals surface area contributed by atoms with Gasteiger partial charge in [-0.2, -0.15) is 0 Å². The minimum Gasteiger partial charge on any atom is -0.493 e. The highest BCUT2D eigenvalue weighted by Crippen LogP contribution is 2.14. The molecule has 19 heavy (non-hydrogen) atoms. The first kappa shape index (κ1) is 15.3. The van der Waals surface area contributed by atoms with Gasteiger partial charge in [-0.15, -0.1) is 0 Å². The van der Waals surface area contributed by atoms with Gasteiger partial charge in [-0.3, -0.25) is 4.79 Å². The number of ether oxygens (including phenoxy) is 3. The highest BCUT2D eigenvalue weighted by atomic mass is 16.5. The third-order valence-electron chi connectivity index (χ3n) is 2.44. The van der Waals surface area contributed by atoms with Crippen molar-refractivity contribution in [3.05, 3.63) is 24.3 Å². The summed E-state index contributed by atoms with van der Waals surface area (Å²) in [4.78, 5) is 11.4. The third kappa shape index (κ3) is 7.31. The quantitative estimate of drug-likeness (QED) is 0.421. The number of benzene rings is 1. The van der Waals surface area contributed by atoms with Crippen LogP contribution in [0, 0.1) is 0 Å². The molecule has 0 fully saturated rings. The molecule has 0 aliphatic carbocycles. The van der Waals surface area contributed by atoms with Gasteiger partial charge in [0, 0.05) is 25.5 Å². The van der Waals surface area contributed by atoms with Gasteiger partial charge < -0.3 is 19.9 Å². The summed E-state index contributed by atoms with van der Waals surface area (Å²) in [6.07, 6.45) is 1.94. The Kier molecular flexibility index (Phi) is 7.43. The molecule has 106 valence electrons. The highest BCUT2D eigenvalue weighted by Gasteiger charge is 2.03. The van der Waals surface area contributed by atoms with Crippen molar-refractivity contribution in [1.29, 1.82) is 0 Å². The van der Waals surface area contributed by atoms with Gasteiger partial charge in [0.15, 0.2) is 0 Å². The summed E-state index contributed by atoms with van der Waals surface area (Å²) in [7, 11) is 1.65. The number of hydrogen-bond acceptors (Lipinski definition) is 5. The molecule has 1 aromatic carbocycles. The van der Waals surface area contributed by atoms with Gasteiger partial charge >= 0.3 is 5.97 Å². The fourth-order valence-corrected chi connectivity index (χ4v) is 1.46. The number of carbonyl (C=O) groups excluding carboxylic acids is 1. The van der Waals surface area contributed by atoms with Crippen molar-refractivity contribution in [3.63, 3.8) is 0 Å². The first-order valence-corrected chi connectivity index (χ1v) is 6.35. The van der Waals surface area contributed by atoms with Crippen LogP contribution < -0.4 is 10.5 Å². The average Bonchev–Trinajstić information content (AvgIpc) is 2.38. The average molecular weight is 267 g/mol. The van der Waals surface area contributed by atoms with E-state index in [-0.39, 0.29) is 12.4 Å². The number of esters is 1. The molecule has 0 saturated carbocycles. The Hall–Kier alpha value is -1.75. The van der Waals surface area contributed by atoms with E-state index in [1.54, 1.807) is 31.4 Å². The Morgan fingerprint density at radius 1 is 1.21 bits per heavy atom. The molecule has 0 heterocycles. The van der Waals surface area contributed by atoms with Crippen molar-refractivity contribution < 1.29 is 19.0 Å². The molecule has 0 aliphatic rings. The fourth-order valence-electron chi connectivity index (χ4n) is 1.46. The number of rotatable bonds is 9. The van der Waals surface area contributed by atoms with E-state index >= 15 is 0 Å². The van der Waals surface area contributed by atoms with E-state index < -0.39 is 0 Å². The number of anilines is 1. The zero-order chi connectivity index (χ0) is 13.9. The van der Waals surface area contributed by atoms with Gasteiger partial charge in [-0.05, 0) is 25.0 Å². The van der Waals surface area contributed by atoms with E-state index in [1.165, 1.54) is 0 Å². The Balaban J connectivity index is 2.07. The Morgan fingerprint density at radius 3 is 2.74 bits per heavy atom. The van der Waals surface area contributed by atoms with Crippen molar-refractivity contribution >= 4 is 11.7 Å². The first-order valence-electron chi connectivity index (χ1n) is 6.35. The molecule has 0 saturated heterocycles. The third-order valence-corrected chi connectivity index (χ3v) is 2.44. The normalized spacial score (nSPS) is 10.2. The lowest BCUT2D eigenvalue weighted by atomic mass is 10.3. The standard InChI is InChI=1S/C14H21NO4/c1-17-8-2-3-9-19-14(16)7-10-18-13-6-4-5-12(15)11-13/h4-6,11H,2-3,7-10,15H2,1H3. The molecule has 0 spiro atoms. The maximum absolute atomic E-state index is 11.4. The summed E-state index contributed by atoms with van der Waals surface area (Å²) in [5.74, 6) is 0.411. The van der Waals surface area contributed by atoms with Crippen LogP contribution in [0.5, 0.6) is 5.75 Å². The predicted octanol–water partition coefficient (Wildman–Crippen LogP) is 2.01. The van der Waals surface area contributed by atoms with Crippen LogP contribution in [-0.4, -0.2) is 32.9 Å². The van der Waals surface area contributed by atoms with Crippen LogP contribution in [-0.2, 0) is 14.3 Å². The van der Waals surface area contributed by atoms with Crippen LogP contribution >= 0.6 is 0 Å². The number of carbonyl (C=O) groups is 1. The van der Waals surface area contributed by atoms with Crippen LogP contribution in [0.25, 0.3) is 0 Å². The highest BCUT2D eigenvalue weighted by molar-refractivity contribution is 5.69. The summed E-state index contributed by atoms with van der Waals surface area (Å²) in [6, 6.07) is 7.10. The van der Waals surface area contributed by atoms with Crippen LogP contribution in [0.1, 0.15) is 19.3 Å². The minimum atomic E-state index is -0.249. The fraction of sp³-hybridized carbons (Fsp3) is 0.500. The summed E-state index contributed by atoms with van der Waals surface area (Å²) in [6.45, 7) is 1.41. The summed E-state index contributed by atoms with van der Waals surface area (Å²) in [5, 5.41) is 0. The largest absolute Gasteiger partial charge is 0.493 e. The Bertz CT molecular complexity index is 381. The maximum Gasteiger partial charge on any atom is 0.309 e. The van der Waals surface area contributed by atoms with Crippen LogP contribution in [0.15, 0.2) is 24.3 Å². The summed E-state index contributed by atoms with van der Waals surface area (Å²) < 4.78 is 15.4. The molecular formula is C14H21NO4. The molecule has 0 aliphatic heterocycles. The number of unbranched alkanes of at least 4 members (excludes halogenated alkanes) is 1. The second-order valence-electron chi connectivity index (χ2n) is 4.09. The Morgan fingerprint density at radius 2 is 2.00 bits per heavy atom. The van der Waals surface area contributed by atoms with E-state index in [9.17, 15) is 4.79 Å². The molecule has 5 heteroatoms. The number of methoxy groups -OCH3 is 1. The molecule has 1 rings (SSSR count). The van der Waals surface area contributed by atoms with E-state index in [0.717, 1.165) is 12.8 Å². The van der Waals surface area contributed by atoms with Crippen molar-refractivity contribution in [1.82, 2.24) is 0 Å². The smallest absolute Gasteiger partial charge is 0.309 e. The van der Waals surface area contributed by atoms with Crippen molar-refractivity contribution in [2.24, 2.45) is 0 Å². The molecule has 1 aromatic rings. The van der Waals surface area contributed by atoms with Crippen molar-refractivity contribution in [3.8, 4) is 5.75 Å². The van der Waals surface area contributed by atoms with E-state index in [2.05, 4.69) is 0 Å². The minimum absolute atomic E-state index is 0.235. The van der Waals surface area contributed by atoms with Crippen molar-refractivity contribution in [2.45, 2.75) is 19.3 Å². The van der Waals surface area contributed by atoms with Gasteiger partial charge in [-0.1, -0.05) is 6.07 Å². The summed E-state index contributed by atoms with van der Waals surface area (Å²) in [5.41, 5.74) is 6.25. The van der Waals surface area contributed by atoms with Gasteiger partial charge in [0.2, 0.25) is 0 Å². The molecule has 0 radical (unpaired) electrons. The number of nitrogens with two attached hydrogens (primary N) is 1. The van der Waals surface area contributed by atoms with Gasteiger partial charge in [0.25, 0.3) is 0 Å². The van der Waals surface area contributed by atoms with Gasteiger partial charge in [0.05, 0.1) is 19.6 Å². The maximum atomic E-state index is 11.4.